The summed E-state index contributed by atoms with van der Waals surface area (Å²) in [4.78, 5) is 14.2. The lowest BCUT2D eigenvalue weighted by atomic mass is 9.98. The molecule has 0 aliphatic heterocycles. The number of rotatable bonds is 3. The topological polar surface area (TPSA) is 50.2 Å². The molecule has 1 aromatic heterocycles. The molecule has 0 radical (unpaired) electrons. The molecular formula is C9H9ClFNO2. The number of carbonyl (C=O) groups is 1. The molecule has 1 heterocycles. The Morgan fingerprint density at radius 2 is 2.43 bits per heavy atom. The van der Waals surface area contributed by atoms with E-state index in [0.29, 0.717) is 0 Å². The number of hydrogen-bond donors (Lipinski definition) is 1. The van der Waals surface area contributed by atoms with Gasteiger partial charge in [0.1, 0.15) is 0 Å². The molecule has 1 aromatic rings. The monoisotopic (exact) mass is 217 g/mol. The van der Waals surface area contributed by atoms with Crippen LogP contribution in [0, 0.1) is 5.95 Å². The molecule has 0 saturated heterocycles. The summed E-state index contributed by atoms with van der Waals surface area (Å²) in [6, 6.07) is 1.38. The minimum atomic E-state index is -1.10. The fraction of sp³-hybridized carbons (Fsp3) is 0.333. The van der Waals surface area contributed by atoms with Crippen molar-refractivity contribution in [2.45, 2.75) is 19.3 Å². The largest absolute Gasteiger partial charge is 0.481 e. The minimum Gasteiger partial charge on any atom is -0.481 e. The van der Waals surface area contributed by atoms with E-state index in [2.05, 4.69) is 4.98 Å². The van der Waals surface area contributed by atoms with Crippen molar-refractivity contribution < 1.29 is 14.3 Å². The number of hydrogen-bond acceptors (Lipinski definition) is 2. The fourth-order valence-corrected chi connectivity index (χ4v) is 1.50. The second-order valence-corrected chi connectivity index (χ2v) is 3.20. The highest BCUT2D eigenvalue weighted by molar-refractivity contribution is 6.31. The van der Waals surface area contributed by atoms with Crippen molar-refractivity contribution in [3.8, 4) is 0 Å². The van der Waals surface area contributed by atoms with Crippen LogP contribution in [-0.2, 0) is 4.79 Å². The Morgan fingerprint density at radius 1 is 1.79 bits per heavy atom. The zero-order valence-corrected chi connectivity index (χ0v) is 8.25. The van der Waals surface area contributed by atoms with Crippen LogP contribution in [0.15, 0.2) is 12.3 Å². The van der Waals surface area contributed by atoms with Gasteiger partial charge >= 0.3 is 5.97 Å². The number of halogens is 2. The molecule has 1 rings (SSSR count). The van der Waals surface area contributed by atoms with Crippen molar-refractivity contribution in [3.63, 3.8) is 0 Å². The van der Waals surface area contributed by atoms with Crippen LogP contribution < -0.4 is 0 Å². The van der Waals surface area contributed by atoms with Crippen molar-refractivity contribution >= 4 is 17.6 Å². The van der Waals surface area contributed by atoms with E-state index >= 15 is 0 Å². The smallest absolute Gasteiger partial charge is 0.311 e. The Hall–Kier alpha value is -1.16. The highest BCUT2D eigenvalue weighted by Crippen LogP contribution is 2.28. The van der Waals surface area contributed by atoms with Gasteiger partial charge in [-0.1, -0.05) is 18.5 Å². The molecule has 5 heteroatoms. The Balaban J connectivity index is 3.22. The first kappa shape index (κ1) is 10.9. The minimum absolute atomic E-state index is 0.0378. The summed E-state index contributed by atoms with van der Waals surface area (Å²) in [7, 11) is 0. The van der Waals surface area contributed by atoms with Crippen LogP contribution in [0.4, 0.5) is 4.39 Å². The highest BCUT2D eigenvalue weighted by Gasteiger charge is 2.24. The summed E-state index contributed by atoms with van der Waals surface area (Å²) in [5.74, 6) is -2.84. The average molecular weight is 218 g/mol. The first-order valence-corrected chi connectivity index (χ1v) is 4.48. The maximum absolute atomic E-state index is 13.2. The van der Waals surface area contributed by atoms with Gasteiger partial charge in [0.2, 0.25) is 5.95 Å². The molecule has 1 atom stereocenters. The summed E-state index contributed by atoms with van der Waals surface area (Å²) in [5.41, 5.74) is -0.0378. The molecule has 0 amide bonds. The second-order valence-electron chi connectivity index (χ2n) is 2.80. The van der Waals surface area contributed by atoms with Crippen molar-refractivity contribution in [1.29, 1.82) is 0 Å². The van der Waals surface area contributed by atoms with Gasteiger partial charge in [-0.05, 0) is 12.5 Å². The van der Waals surface area contributed by atoms with Crippen LogP contribution in [-0.4, -0.2) is 16.1 Å². The van der Waals surface area contributed by atoms with E-state index in [-0.39, 0.29) is 17.0 Å². The standard InChI is InChI=1S/C9H9ClFNO2/c1-2-5(9(13)14)7-6(10)3-4-12-8(7)11/h3-5H,2H2,1H3,(H,13,14). The van der Waals surface area contributed by atoms with E-state index in [0.717, 1.165) is 0 Å². The van der Waals surface area contributed by atoms with Gasteiger partial charge in [-0.15, -0.1) is 0 Å². The third-order valence-electron chi connectivity index (χ3n) is 1.94. The maximum Gasteiger partial charge on any atom is 0.311 e. The van der Waals surface area contributed by atoms with Crippen LogP contribution in [0.1, 0.15) is 24.8 Å². The molecule has 1 N–H and O–H groups in total. The Labute approximate surface area is 85.5 Å². The molecule has 0 fully saturated rings. The predicted octanol–water partition coefficient (Wildman–Crippen LogP) is 2.45. The van der Waals surface area contributed by atoms with Gasteiger partial charge in [-0.3, -0.25) is 4.79 Å². The van der Waals surface area contributed by atoms with Crippen LogP contribution in [0.25, 0.3) is 0 Å². The van der Waals surface area contributed by atoms with Crippen LogP contribution in [0.5, 0.6) is 0 Å². The van der Waals surface area contributed by atoms with Crippen LogP contribution in [0.2, 0.25) is 5.02 Å². The molecule has 0 bridgehead atoms. The molecule has 0 aromatic carbocycles. The number of aliphatic carboxylic acids is 1. The summed E-state index contributed by atoms with van der Waals surface area (Å²) in [6.45, 7) is 1.65. The number of nitrogens with zero attached hydrogens (tertiary/aromatic N) is 1. The van der Waals surface area contributed by atoms with Gasteiger partial charge in [-0.25, -0.2) is 4.98 Å². The zero-order valence-electron chi connectivity index (χ0n) is 7.50. The van der Waals surface area contributed by atoms with E-state index in [1.54, 1.807) is 6.92 Å². The van der Waals surface area contributed by atoms with Crippen LogP contribution >= 0.6 is 11.6 Å². The average Bonchev–Trinajstić information content (AvgIpc) is 2.10. The molecule has 3 nitrogen and oxygen atoms in total. The fourth-order valence-electron chi connectivity index (χ4n) is 1.24. The molecule has 1 unspecified atom stereocenters. The Morgan fingerprint density at radius 3 is 2.86 bits per heavy atom. The lowest BCUT2D eigenvalue weighted by Gasteiger charge is -2.11. The normalized spacial score (nSPS) is 12.5. The third-order valence-corrected chi connectivity index (χ3v) is 2.27. The molecular weight excluding hydrogens is 209 g/mol. The number of carboxylic acid groups (broad SMARTS) is 1. The van der Waals surface area contributed by atoms with Gasteiger partial charge < -0.3 is 5.11 Å². The maximum atomic E-state index is 13.2. The van der Waals surface area contributed by atoms with Crippen molar-refractivity contribution in [2.24, 2.45) is 0 Å². The van der Waals surface area contributed by atoms with E-state index < -0.39 is 17.8 Å². The van der Waals surface area contributed by atoms with Gasteiger partial charge in [-0.2, -0.15) is 4.39 Å². The first-order chi connectivity index (χ1) is 6.57. The third kappa shape index (κ3) is 2.01. The van der Waals surface area contributed by atoms with E-state index in [9.17, 15) is 9.18 Å². The summed E-state index contributed by atoms with van der Waals surface area (Å²) < 4.78 is 13.2. The molecule has 0 saturated carbocycles. The van der Waals surface area contributed by atoms with E-state index in [1.807, 2.05) is 0 Å². The highest BCUT2D eigenvalue weighted by atomic mass is 35.5. The second kappa shape index (κ2) is 4.37. The van der Waals surface area contributed by atoms with Crippen molar-refractivity contribution in [3.05, 3.63) is 28.8 Å². The first-order valence-electron chi connectivity index (χ1n) is 4.10. The number of pyridine rings is 1. The molecule has 76 valence electrons. The van der Waals surface area contributed by atoms with E-state index in [4.69, 9.17) is 16.7 Å². The van der Waals surface area contributed by atoms with Gasteiger partial charge in [0.25, 0.3) is 0 Å². The summed E-state index contributed by atoms with van der Waals surface area (Å²) >= 11 is 5.70. The quantitative estimate of drug-likeness (QED) is 0.792. The van der Waals surface area contributed by atoms with E-state index in [1.165, 1.54) is 12.3 Å². The SMILES string of the molecule is CCC(C(=O)O)c1c(Cl)ccnc1F. The lowest BCUT2D eigenvalue weighted by molar-refractivity contribution is -0.138. The summed E-state index contributed by atoms with van der Waals surface area (Å²) in [5, 5.41) is 8.93. The Kier molecular flexibility index (Phi) is 3.41. The number of carboxylic acids is 1. The van der Waals surface area contributed by atoms with Gasteiger partial charge in [0, 0.05) is 11.8 Å². The lowest BCUT2D eigenvalue weighted by Crippen LogP contribution is -2.13. The van der Waals surface area contributed by atoms with Crippen LogP contribution in [0.3, 0.4) is 0 Å². The van der Waals surface area contributed by atoms with Crippen molar-refractivity contribution in [1.82, 2.24) is 4.98 Å². The molecule has 14 heavy (non-hydrogen) atoms. The molecule has 0 spiro atoms. The van der Waals surface area contributed by atoms with Gasteiger partial charge in [0.15, 0.2) is 0 Å². The molecule has 0 aliphatic rings. The Bertz CT molecular complexity index is 336. The molecule has 0 aliphatic carbocycles. The van der Waals surface area contributed by atoms with Crippen molar-refractivity contribution in [2.75, 3.05) is 0 Å². The number of aromatic nitrogens is 1. The summed E-state index contributed by atoms with van der Waals surface area (Å²) in [6.07, 6.45) is 1.48. The zero-order chi connectivity index (χ0) is 10.7. The van der Waals surface area contributed by atoms with Gasteiger partial charge in [0.05, 0.1) is 10.9 Å². The predicted molar refractivity (Wildman–Crippen MR) is 49.9 cm³/mol.